The largest absolute Gasteiger partial charge is 0.352 e. The van der Waals surface area contributed by atoms with E-state index < -0.39 is 15.1 Å². The van der Waals surface area contributed by atoms with E-state index in [4.69, 9.17) is 0 Å². The van der Waals surface area contributed by atoms with Crippen LogP contribution in [0.4, 0.5) is 19.4 Å². The highest BCUT2D eigenvalue weighted by molar-refractivity contribution is 8.45. The second kappa shape index (κ2) is 3.34. The normalized spacial score (nSPS) is 15.9. The number of hydrogen-bond acceptors (Lipinski definition) is 1. The van der Waals surface area contributed by atoms with E-state index in [9.17, 15) is 24.2 Å². The van der Waals surface area contributed by atoms with Crippen molar-refractivity contribution in [3.05, 3.63) is 29.8 Å². The zero-order chi connectivity index (χ0) is 13.4. The number of nitrogens with one attached hydrogen (secondary N) is 1. The van der Waals surface area contributed by atoms with Crippen molar-refractivity contribution in [2.75, 3.05) is 0 Å². The predicted octanol–water partition coefficient (Wildman–Crippen LogP) is 3.98. The maximum absolute atomic E-state index is 12.3. The molecule has 1 aromatic rings. The minimum absolute atomic E-state index is 0.00404. The van der Waals surface area contributed by atoms with Gasteiger partial charge in [0.1, 0.15) is 4.90 Å². The molecule has 0 fully saturated rings. The van der Waals surface area contributed by atoms with Gasteiger partial charge in [-0.25, -0.2) is 0 Å². The van der Waals surface area contributed by atoms with E-state index in [0.29, 0.717) is 17.7 Å². The number of rotatable bonds is 3. The Bertz CT molecular complexity index is 438. The van der Waals surface area contributed by atoms with E-state index in [2.05, 4.69) is 5.32 Å². The van der Waals surface area contributed by atoms with Gasteiger partial charge in [-0.3, -0.25) is 4.79 Å². The van der Waals surface area contributed by atoms with Gasteiger partial charge in [0, 0.05) is 13.5 Å². The molecule has 2 nitrogen and oxygen atoms in total. The monoisotopic (exact) mass is 275 g/mol. The molecule has 1 N–H and O–H groups in total. The maximum atomic E-state index is 12.3. The molecule has 17 heavy (non-hydrogen) atoms. The number of amides is 1. The molecule has 0 spiro atoms. The van der Waals surface area contributed by atoms with Crippen LogP contribution in [0.5, 0.6) is 0 Å². The van der Waals surface area contributed by atoms with Crippen LogP contribution in [-0.2, 0) is 11.3 Å². The second-order valence-electron chi connectivity index (χ2n) is 3.52. The van der Waals surface area contributed by atoms with E-state index >= 15 is 0 Å². The quantitative estimate of drug-likeness (QED) is 0.830. The average Bonchev–Trinajstić information content (AvgIpc) is 2.12. The molecule has 0 aliphatic carbocycles. The van der Waals surface area contributed by atoms with Crippen LogP contribution >= 0.6 is 10.2 Å². The molecule has 0 unspecified atom stereocenters. The molecule has 0 radical (unpaired) electrons. The molecule has 0 atom stereocenters. The third kappa shape index (κ3) is 4.22. The summed E-state index contributed by atoms with van der Waals surface area (Å²) in [5.41, 5.74) is 0.311. The summed E-state index contributed by atoms with van der Waals surface area (Å²) in [6.45, 7) is 1.24. The minimum Gasteiger partial charge on any atom is -0.352 e. The number of benzene rings is 1. The molecule has 8 heteroatoms. The van der Waals surface area contributed by atoms with Gasteiger partial charge < -0.3 is 5.32 Å². The lowest BCUT2D eigenvalue weighted by Gasteiger charge is -2.40. The molecule has 0 saturated heterocycles. The molecule has 0 aromatic heterocycles. The Hall–Kier alpha value is -1.31. The van der Waals surface area contributed by atoms with Crippen LogP contribution in [0.2, 0.25) is 0 Å². The van der Waals surface area contributed by atoms with Crippen molar-refractivity contribution >= 4 is 16.1 Å². The van der Waals surface area contributed by atoms with Gasteiger partial charge in [-0.1, -0.05) is 31.6 Å². The van der Waals surface area contributed by atoms with Crippen LogP contribution in [0.3, 0.4) is 0 Å². The lowest BCUT2D eigenvalue weighted by atomic mass is 10.2. The van der Waals surface area contributed by atoms with Gasteiger partial charge in [-0.05, 0) is 17.7 Å². The molecule has 0 aliphatic rings. The Morgan fingerprint density at radius 3 is 1.94 bits per heavy atom. The Morgan fingerprint density at radius 1 is 1.12 bits per heavy atom. The van der Waals surface area contributed by atoms with Crippen molar-refractivity contribution in [2.24, 2.45) is 0 Å². The third-order valence-corrected chi connectivity index (χ3v) is 3.07. The molecule has 1 aromatic carbocycles. The van der Waals surface area contributed by atoms with Crippen LogP contribution in [0.1, 0.15) is 12.5 Å². The van der Waals surface area contributed by atoms with Crippen molar-refractivity contribution in [1.29, 1.82) is 0 Å². The number of carbonyl (C=O) groups excluding carboxylic acids is 1. The Morgan fingerprint density at radius 2 is 1.59 bits per heavy atom. The van der Waals surface area contributed by atoms with Gasteiger partial charge in [-0.2, -0.15) is 0 Å². The molecule has 0 aliphatic heterocycles. The molecular weight excluding hydrogens is 265 g/mol. The fourth-order valence-electron chi connectivity index (χ4n) is 1.09. The smallest absolute Gasteiger partial charge is 0.310 e. The van der Waals surface area contributed by atoms with Crippen LogP contribution < -0.4 is 5.32 Å². The molecule has 1 rings (SSSR count). The standard InChI is InChI=1S/C9H10F5NOS/c1-7(16)15-6-8-2-4-9(5-3-8)17(10,11,12,13)14/h2-5H,6H2,1H3,(H,15,16). The minimum atomic E-state index is -9.59. The summed E-state index contributed by atoms with van der Waals surface area (Å²) >= 11 is 0. The SMILES string of the molecule is CC(=O)NCc1ccc(S(F)(F)(F)(F)F)cc1. The zero-order valence-corrected chi connectivity index (χ0v) is 9.54. The van der Waals surface area contributed by atoms with Crippen molar-refractivity contribution in [3.8, 4) is 0 Å². The topological polar surface area (TPSA) is 29.1 Å². The fourth-order valence-corrected chi connectivity index (χ4v) is 1.74. The summed E-state index contributed by atoms with van der Waals surface area (Å²) in [4.78, 5) is 8.61. The summed E-state index contributed by atoms with van der Waals surface area (Å²) in [5, 5.41) is 2.34. The van der Waals surface area contributed by atoms with Gasteiger partial charge in [0.05, 0.1) is 0 Å². The third-order valence-electron chi connectivity index (χ3n) is 1.91. The average molecular weight is 275 g/mol. The van der Waals surface area contributed by atoms with E-state index in [0.717, 1.165) is 12.1 Å². The molecule has 1 amide bonds. The Balaban J connectivity index is 2.94. The number of carbonyl (C=O) groups is 1. The molecule has 98 valence electrons. The maximum Gasteiger partial charge on any atom is 0.310 e. The van der Waals surface area contributed by atoms with Gasteiger partial charge in [0.25, 0.3) is 0 Å². The van der Waals surface area contributed by atoms with Crippen molar-refractivity contribution in [3.63, 3.8) is 0 Å². The zero-order valence-electron chi connectivity index (χ0n) is 8.72. The van der Waals surface area contributed by atoms with Gasteiger partial charge in [0.15, 0.2) is 0 Å². The second-order valence-corrected chi connectivity index (χ2v) is 5.93. The predicted molar refractivity (Wildman–Crippen MR) is 55.4 cm³/mol. The van der Waals surface area contributed by atoms with Crippen LogP contribution in [0.15, 0.2) is 29.2 Å². The van der Waals surface area contributed by atoms with Gasteiger partial charge in [0.2, 0.25) is 5.91 Å². The van der Waals surface area contributed by atoms with Crippen molar-refractivity contribution in [1.82, 2.24) is 5.32 Å². The van der Waals surface area contributed by atoms with Gasteiger partial charge >= 0.3 is 10.2 Å². The first-order valence-corrected chi connectivity index (χ1v) is 6.41. The highest BCUT2D eigenvalue weighted by atomic mass is 32.5. The van der Waals surface area contributed by atoms with Crippen molar-refractivity contribution < 1.29 is 24.2 Å². The highest BCUT2D eigenvalue weighted by Crippen LogP contribution is 3.02. The van der Waals surface area contributed by atoms with Crippen LogP contribution in [0.25, 0.3) is 0 Å². The van der Waals surface area contributed by atoms with E-state index in [-0.39, 0.29) is 12.5 Å². The Kier molecular flexibility index (Phi) is 2.71. The van der Waals surface area contributed by atoms with E-state index in [1.54, 1.807) is 0 Å². The lowest BCUT2D eigenvalue weighted by molar-refractivity contribution is -0.119. The summed E-state index contributed by atoms with van der Waals surface area (Å²) in [6, 6.07) is 2.45. The van der Waals surface area contributed by atoms with Gasteiger partial charge in [-0.15, -0.1) is 0 Å². The van der Waals surface area contributed by atoms with Crippen molar-refractivity contribution in [2.45, 2.75) is 18.4 Å². The first-order valence-electron chi connectivity index (χ1n) is 4.46. The summed E-state index contributed by atoms with van der Waals surface area (Å²) in [6.07, 6.45) is 0. The molecule has 0 bridgehead atoms. The summed E-state index contributed by atoms with van der Waals surface area (Å²) < 4.78 is 61.6. The van der Waals surface area contributed by atoms with Crippen LogP contribution in [-0.4, -0.2) is 5.91 Å². The molecule has 0 saturated carbocycles. The number of hydrogen-bond donors (Lipinski definition) is 1. The summed E-state index contributed by atoms with van der Waals surface area (Å²) in [5.74, 6) is -0.359. The first kappa shape index (κ1) is 13.8. The first-order chi connectivity index (χ1) is 7.38. The number of halogens is 5. The van der Waals surface area contributed by atoms with E-state index in [1.165, 1.54) is 6.92 Å². The molecule has 0 heterocycles. The van der Waals surface area contributed by atoms with E-state index in [1.807, 2.05) is 0 Å². The highest BCUT2D eigenvalue weighted by Gasteiger charge is 2.65. The molecular formula is C9H10F5NOS. The summed E-state index contributed by atoms with van der Waals surface area (Å²) in [7, 11) is -9.59. The lowest BCUT2D eigenvalue weighted by Crippen LogP contribution is -2.18. The fraction of sp³-hybridized carbons (Fsp3) is 0.222. The van der Waals surface area contributed by atoms with Crippen LogP contribution in [0, 0.1) is 0 Å². The Labute approximate surface area is 94.5 Å².